The van der Waals surface area contributed by atoms with Gasteiger partial charge in [-0.15, -0.1) is 11.8 Å². The molecule has 6 nitrogen and oxygen atoms in total. The Kier molecular flexibility index (Phi) is 8.27. The Hall–Kier alpha value is -3.58. The van der Waals surface area contributed by atoms with E-state index in [0.717, 1.165) is 27.3 Å². The molecule has 0 aromatic heterocycles. The molecule has 3 aromatic rings. The van der Waals surface area contributed by atoms with Crippen molar-refractivity contribution >= 4 is 40.9 Å². The van der Waals surface area contributed by atoms with E-state index in [1.165, 1.54) is 11.8 Å². The van der Waals surface area contributed by atoms with Crippen LogP contribution >= 0.6 is 11.8 Å². The highest BCUT2D eigenvalue weighted by Crippen LogP contribution is 2.37. The van der Waals surface area contributed by atoms with Crippen LogP contribution in [0.3, 0.4) is 0 Å². The van der Waals surface area contributed by atoms with Crippen LogP contribution < -0.4 is 10.6 Å². The van der Waals surface area contributed by atoms with E-state index in [1.54, 1.807) is 18.2 Å². The topological polar surface area (TPSA) is 95.5 Å². The lowest BCUT2D eigenvalue weighted by Gasteiger charge is -2.18. The Morgan fingerprint density at radius 1 is 0.818 bits per heavy atom. The normalized spacial score (nSPS) is 11.5. The third-order valence-electron chi connectivity index (χ3n) is 5.05. The minimum atomic E-state index is -1.02. The van der Waals surface area contributed by atoms with Crippen molar-refractivity contribution in [3.8, 4) is 0 Å². The summed E-state index contributed by atoms with van der Waals surface area (Å²) in [5.74, 6) is -1.54. The van der Waals surface area contributed by atoms with E-state index in [4.69, 9.17) is 5.11 Å². The molecule has 0 radical (unpaired) electrons. The first kappa shape index (κ1) is 24.1. The summed E-state index contributed by atoms with van der Waals surface area (Å²) in [6, 6.07) is 22.5. The van der Waals surface area contributed by atoms with Gasteiger partial charge in [0.2, 0.25) is 11.8 Å². The molecular formula is C26H26N2O4S. The van der Waals surface area contributed by atoms with Crippen molar-refractivity contribution in [3.63, 3.8) is 0 Å². The lowest BCUT2D eigenvalue weighted by molar-refractivity contribution is -0.138. The minimum Gasteiger partial charge on any atom is -0.481 e. The summed E-state index contributed by atoms with van der Waals surface area (Å²) in [4.78, 5) is 36.7. The number of thioether (sulfide) groups is 1. The molecular weight excluding hydrogens is 436 g/mol. The maximum Gasteiger partial charge on any atom is 0.303 e. The van der Waals surface area contributed by atoms with Gasteiger partial charge >= 0.3 is 5.97 Å². The van der Waals surface area contributed by atoms with E-state index in [9.17, 15) is 14.4 Å². The third-order valence-corrected chi connectivity index (χ3v) is 6.30. The van der Waals surface area contributed by atoms with Crippen LogP contribution in [-0.4, -0.2) is 22.9 Å². The second kappa shape index (κ2) is 11.3. The molecule has 0 bridgehead atoms. The van der Waals surface area contributed by atoms with Gasteiger partial charge in [-0.3, -0.25) is 14.4 Å². The van der Waals surface area contributed by atoms with Crippen molar-refractivity contribution < 1.29 is 19.5 Å². The van der Waals surface area contributed by atoms with E-state index < -0.39 is 11.2 Å². The van der Waals surface area contributed by atoms with Crippen LogP contribution in [0.25, 0.3) is 0 Å². The molecule has 3 N–H and O–H groups in total. The monoisotopic (exact) mass is 462 g/mol. The van der Waals surface area contributed by atoms with Crippen molar-refractivity contribution in [1.29, 1.82) is 0 Å². The van der Waals surface area contributed by atoms with Crippen LogP contribution in [0.15, 0.2) is 77.7 Å². The maximum absolute atomic E-state index is 13.3. The fourth-order valence-corrected chi connectivity index (χ4v) is 4.24. The summed E-state index contributed by atoms with van der Waals surface area (Å²) in [5, 5.41) is 14.0. The predicted octanol–water partition coefficient (Wildman–Crippen LogP) is 5.58. The molecule has 33 heavy (non-hydrogen) atoms. The van der Waals surface area contributed by atoms with Crippen molar-refractivity contribution in [2.45, 2.75) is 36.8 Å². The van der Waals surface area contributed by atoms with E-state index in [-0.39, 0.29) is 24.7 Å². The van der Waals surface area contributed by atoms with E-state index in [2.05, 4.69) is 10.6 Å². The van der Waals surface area contributed by atoms with Crippen LogP contribution in [0.1, 0.15) is 34.8 Å². The van der Waals surface area contributed by atoms with Crippen molar-refractivity contribution in [3.05, 3.63) is 89.5 Å². The fraction of sp³-hybridized carbons (Fsp3) is 0.192. The first-order valence-corrected chi connectivity index (χ1v) is 11.4. The highest BCUT2D eigenvalue weighted by molar-refractivity contribution is 8.00. The zero-order chi connectivity index (χ0) is 23.8. The summed E-state index contributed by atoms with van der Waals surface area (Å²) in [5.41, 5.74) is 4.41. The number of anilines is 2. The maximum atomic E-state index is 13.3. The molecule has 0 aliphatic rings. The van der Waals surface area contributed by atoms with Crippen LogP contribution in [0.5, 0.6) is 0 Å². The summed E-state index contributed by atoms with van der Waals surface area (Å²) < 4.78 is 0. The van der Waals surface area contributed by atoms with Crippen molar-refractivity contribution in [2.75, 3.05) is 10.6 Å². The second-order valence-electron chi connectivity index (χ2n) is 7.67. The van der Waals surface area contributed by atoms with Gasteiger partial charge in [0.1, 0.15) is 5.25 Å². The predicted molar refractivity (Wildman–Crippen MR) is 132 cm³/mol. The molecule has 0 heterocycles. The quantitative estimate of drug-likeness (QED) is 0.361. The van der Waals surface area contributed by atoms with E-state index in [1.807, 2.05) is 68.4 Å². The van der Waals surface area contributed by atoms with Gasteiger partial charge in [0, 0.05) is 22.7 Å². The molecule has 170 valence electrons. The van der Waals surface area contributed by atoms with Crippen molar-refractivity contribution in [1.82, 2.24) is 0 Å². The van der Waals surface area contributed by atoms with Gasteiger partial charge in [-0.2, -0.15) is 0 Å². The third kappa shape index (κ3) is 7.22. The highest BCUT2D eigenvalue weighted by atomic mass is 32.2. The number of amides is 2. The average Bonchev–Trinajstić information content (AvgIpc) is 2.79. The second-order valence-corrected chi connectivity index (χ2v) is 8.85. The molecule has 0 saturated heterocycles. The van der Waals surface area contributed by atoms with Crippen LogP contribution in [0.2, 0.25) is 0 Å². The SMILES string of the molecule is Cc1ccc(NC(=O)C(Sc2cccc(NC(=O)CCC(=O)O)c2)c2ccccc2)cc1C. The lowest BCUT2D eigenvalue weighted by Crippen LogP contribution is -2.19. The standard InChI is InChI=1S/C26H26N2O4S/c1-17-11-12-21(15-18(17)2)28-26(32)25(19-7-4-3-5-8-19)33-22-10-6-9-20(16-22)27-23(29)13-14-24(30)31/h3-12,15-16,25H,13-14H2,1-2H3,(H,27,29)(H,28,32)(H,30,31). The van der Waals surface area contributed by atoms with Gasteiger partial charge in [-0.1, -0.05) is 42.5 Å². The molecule has 3 aromatic carbocycles. The molecule has 0 aliphatic carbocycles. The molecule has 3 rings (SSSR count). The molecule has 0 aliphatic heterocycles. The molecule has 7 heteroatoms. The molecule has 0 saturated carbocycles. The Balaban J connectivity index is 1.78. The van der Waals surface area contributed by atoms with E-state index in [0.29, 0.717) is 5.69 Å². The molecule has 2 amide bonds. The van der Waals surface area contributed by atoms with Crippen molar-refractivity contribution in [2.24, 2.45) is 0 Å². The lowest BCUT2D eigenvalue weighted by atomic mass is 10.1. The van der Waals surface area contributed by atoms with Gasteiger partial charge < -0.3 is 15.7 Å². The molecule has 0 spiro atoms. The highest BCUT2D eigenvalue weighted by Gasteiger charge is 2.22. The number of carboxylic acids is 1. The number of aryl methyl sites for hydroxylation is 2. The van der Waals surface area contributed by atoms with E-state index >= 15 is 0 Å². The Morgan fingerprint density at radius 3 is 2.24 bits per heavy atom. The number of aliphatic carboxylic acids is 1. The van der Waals surface area contributed by atoms with Gasteiger partial charge in [0.15, 0.2) is 0 Å². The molecule has 0 fully saturated rings. The number of carboxylic acid groups (broad SMARTS) is 1. The minimum absolute atomic E-state index is 0.0995. The number of hydrogen-bond acceptors (Lipinski definition) is 4. The fourth-order valence-electron chi connectivity index (χ4n) is 3.15. The number of carbonyl (C=O) groups is 3. The smallest absolute Gasteiger partial charge is 0.303 e. The van der Waals surface area contributed by atoms with Gasteiger partial charge in [0.05, 0.1) is 6.42 Å². The zero-order valence-electron chi connectivity index (χ0n) is 18.5. The first-order chi connectivity index (χ1) is 15.8. The first-order valence-electron chi connectivity index (χ1n) is 10.5. The number of benzene rings is 3. The molecule has 1 unspecified atom stereocenters. The van der Waals surface area contributed by atoms with Crippen LogP contribution in [0, 0.1) is 13.8 Å². The summed E-state index contributed by atoms with van der Waals surface area (Å²) in [6.07, 6.45) is -0.327. The Bertz CT molecular complexity index is 1150. The van der Waals surface area contributed by atoms with Crippen LogP contribution in [-0.2, 0) is 14.4 Å². The number of rotatable bonds is 9. The number of carbonyl (C=O) groups excluding carboxylic acids is 2. The summed E-state index contributed by atoms with van der Waals surface area (Å²) >= 11 is 1.38. The van der Waals surface area contributed by atoms with Gasteiger partial charge in [0.25, 0.3) is 0 Å². The largest absolute Gasteiger partial charge is 0.481 e. The summed E-state index contributed by atoms with van der Waals surface area (Å²) in [6.45, 7) is 4.03. The Morgan fingerprint density at radius 2 is 1.55 bits per heavy atom. The average molecular weight is 463 g/mol. The Labute approximate surface area is 197 Å². The summed E-state index contributed by atoms with van der Waals surface area (Å²) in [7, 11) is 0. The zero-order valence-corrected chi connectivity index (χ0v) is 19.3. The number of hydrogen-bond donors (Lipinski definition) is 3. The van der Waals surface area contributed by atoms with Gasteiger partial charge in [-0.25, -0.2) is 0 Å². The van der Waals surface area contributed by atoms with Gasteiger partial charge in [-0.05, 0) is 60.9 Å². The number of nitrogens with one attached hydrogen (secondary N) is 2. The van der Waals surface area contributed by atoms with Crippen LogP contribution in [0.4, 0.5) is 11.4 Å². The molecule has 1 atom stereocenters.